The normalized spacial score (nSPS) is 14.1. The van der Waals surface area contributed by atoms with Crippen molar-refractivity contribution in [2.75, 3.05) is 0 Å². The summed E-state index contributed by atoms with van der Waals surface area (Å²) in [6.45, 7) is 0. The second kappa shape index (κ2) is 3.67. The van der Waals surface area contributed by atoms with Gasteiger partial charge in [-0.15, -0.1) is 0 Å². The summed E-state index contributed by atoms with van der Waals surface area (Å²) in [5.41, 5.74) is 4.47. The molecule has 0 saturated carbocycles. The third-order valence-corrected chi connectivity index (χ3v) is 2.01. The van der Waals surface area contributed by atoms with Crippen LogP contribution < -0.4 is 5.73 Å². The van der Waals surface area contributed by atoms with Crippen LogP contribution in [0.1, 0.15) is 11.6 Å². The number of benzene rings is 1. The zero-order chi connectivity index (χ0) is 10.9. The highest BCUT2D eigenvalue weighted by atomic mass is 35.5. The number of para-hydroxylation sites is 1. The quantitative estimate of drug-likeness (QED) is 0.772. The molecule has 0 amide bonds. The lowest BCUT2D eigenvalue weighted by Crippen LogP contribution is -2.28. The summed E-state index contributed by atoms with van der Waals surface area (Å²) in [7, 11) is 0. The minimum atomic E-state index is -4.60. The van der Waals surface area contributed by atoms with Crippen molar-refractivity contribution < 1.29 is 18.3 Å². The molecule has 3 N–H and O–H groups in total. The maximum atomic E-state index is 12.2. The van der Waals surface area contributed by atoms with Crippen LogP contribution in [0.5, 0.6) is 5.75 Å². The summed E-state index contributed by atoms with van der Waals surface area (Å²) in [6, 6.07) is 1.44. The van der Waals surface area contributed by atoms with E-state index in [2.05, 4.69) is 0 Å². The summed E-state index contributed by atoms with van der Waals surface area (Å²) in [4.78, 5) is 0. The van der Waals surface area contributed by atoms with E-state index in [-0.39, 0.29) is 5.02 Å². The Labute approximate surface area is 83.1 Å². The molecule has 6 heteroatoms. The second-order valence-electron chi connectivity index (χ2n) is 2.70. The molecular formula is C8H7ClF3NO. The maximum absolute atomic E-state index is 12.2. The molecule has 0 fully saturated rings. The Morgan fingerprint density at radius 1 is 1.36 bits per heavy atom. The average Bonchev–Trinajstić information content (AvgIpc) is 2.07. The monoisotopic (exact) mass is 225 g/mol. The van der Waals surface area contributed by atoms with E-state index in [0.717, 1.165) is 6.07 Å². The summed E-state index contributed by atoms with van der Waals surface area (Å²) in [5.74, 6) is -0.626. The predicted molar refractivity (Wildman–Crippen MR) is 46.1 cm³/mol. The molecule has 0 spiro atoms. The van der Waals surface area contributed by atoms with Crippen LogP contribution in [0.4, 0.5) is 13.2 Å². The van der Waals surface area contributed by atoms with Crippen molar-refractivity contribution in [1.29, 1.82) is 0 Å². The van der Waals surface area contributed by atoms with E-state index in [0.29, 0.717) is 0 Å². The Morgan fingerprint density at radius 2 is 1.93 bits per heavy atom. The number of rotatable bonds is 1. The number of nitrogens with two attached hydrogens (primary N) is 1. The fourth-order valence-electron chi connectivity index (χ4n) is 0.959. The molecule has 0 saturated heterocycles. The fraction of sp³-hybridized carbons (Fsp3) is 0.250. The Morgan fingerprint density at radius 3 is 2.43 bits per heavy atom. The molecule has 0 bridgehead atoms. The molecule has 1 rings (SSSR count). The van der Waals surface area contributed by atoms with Crippen molar-refractivity contribution in [3.05, 3.63) is 28.8 Å². The van der Waals surface area contributed by atoms with Gasteiger partial charge in [0.15, 0.2) is 0 Å². The first-order chi connectivity index (χ1) is 6.34. The van der Waals surface area contributed by atoms with Crippen molar-refractivity contribution in [1.82, 2.24) is 0 Å². The number of hydrogen-bond donors (Lipinski definition) is 2. The van der Waals surface area contributed by atoms with Gasteiger partial charge in [-0.3, -0.25) is 0 Å². The van der Waals surface area contributed by atoms with Crippen LogP contribution >= 0.6 is 11.6 Å². The van der Waals surface area contributed by atoms with Crippen LogP contribution in [0.3, 0.4) is 0 Å². The van der Waals surface area contributed by atoms with Gasteiger partial charge in [-0.2, -0.15) is 13.2 Å². The maximum Gasteiger partial charge on any atom is 0.407 e. The van der Waals surface area contributed by atoms with Crippen molar-refractivity contribution >= 4 is 11.6 Å². The SMILES string of the molecule is NC(c1cccc(Cl)c1O)C(F)(F)F. The highest BCUT2D eigenvalue weighted by Crippen LogP contribution is 2.37. The number of alkyl halides is 3. The molecule has 0 aliphatic rings. The van der Waals surface area contributed by atoms with Crippen LogP contribution in [0.25, 0.3) is 0 Å². The van der Waals surface area contributed by atoms with Crippen LogP contribution in [-0.2, 0) is 0 Å². The molecule has 0 aliphatic carbocycles. The topological polar surface area (TPSA) is 46.2 Å². The van der Waals surface area contributed by atoms with Crippen LogP contribution in [-0.4, -0.2) is 11.3 Å². The van der Waals surface area contributed by atoms with E-state index >= 15 is 0 Å². The van der Waals surface area contributed by atoms with Crippen LogP contribution in [0, 0.1) is 0 Å². The number of phenols is 1. The van der Waals surface area contributed by atoms with Gasteiger partial charge in [0, 0.05) is 5.56 Å². The van der Waals surface area contributed by atoms with Crippen molar-refractivity contribution in [2.45, 2.75) is 12.2 Å². The standard InChI is InChI=1S/C8H7ClF3NO/c9-5-3-1-2-4(6(5)14)7(13)8(10,11)12/h1-3,7,14H,13H2. The Kier molecular flexibility index (Phi) is 2.92. The van der Waals surface area contributed by atoms with E-state index in [1.54, 1.807) is 0 Å². The lowest BCUT2D eigenvalue weighted by atomic mass is 10.1. The first-order valence-corrected chi connectivity index (χ1v) is 4.01. The van der Waals surface area contributed by atoms with E-state index in [1.165, 1.54) is 12.1 Å². The summed E-state index contributed by atoms with van der Waals surface area (Å²) in [5, 5.41) is 9.07. The molecular weight excluding hydrogens is 219 g/mol. The van der Waals surface area contributed by atoms with E-state index in [9.17, 15) is 18.3 Å². The summed E-state index contributed by atoms with van der Waals surface area (Å²) in [6.07, 6.45) is -4.60. The molecule has 0 radical (unpaired) electrons. The van der Waals surface area contributed by atoms with Crippen LogP contribution in [0.15, 0.2) is 18.2 Å². The van der Waals surface area contributed by atoms with Gasteiger partial charge in [-0.05, 0) is 6.07 Å². The Bertz CT molecular complexity index is 340. The van der Waals surface area contributed by atoms with Crippen molar-refractivity contribution in [3.8, 4) is 5.75 Å². The van der Waals surface area contributed by atoms with Gasteiger partial charge in [0.25, 0.3) is 0 Å². The Hall–Kier alpha value is -0.940. The molecule has 2 nitrogen and oxygen atoms in total. The minimum absolute atomic E-state index is 0.151. The van der Waals surface area contributed by atoms with Crippen LogP contribution in [0.2, 0.25) is 5.02 Å². The van der Waals surface area contributed by atoms with Crippen molar-refractivity contribution in [3.63, 3.8) is 0 Å². The molecule has 1 atom stereocenters. The largest absolute Gasteiger partial charge is 0.506 e. The highest BCUT2D eigenvalue weighted by Gasteiger charge is 2.39. The lowest BCUT2D eigenvalue weighted by molar-refractivity contribution is -0.149. The Balaban J connectivity index is 3.14. The predicted octanol–water partition coefficient (Wildman–Crippen LogP) is 2.61. The van der Waals surface area contributed by atoms with Gasteiger partial charge in [0.2, 0.25) is 0 Å². The molecule has 78 valence electrons. The minimum Gasteiger partial charge on any atom is -0.506 e. The molecule has 1 unspecified atom stereocenters. The first kappa shape index (κ1) is 11.1. The second-order valence-corrected chi connectivity index (χ2v) is 3.10. The van der Waals surface area contributed by atoms with Gasteiger partial charge in [0.1, 0.15) is 11.8 Å². The molecule has 0 aliphatic heterocycles. The molecule has 14 heavy (non-hydrogen) atoms. The van der Waals surface area contributed by atoms with Crippen molar-refractivity contribution in [2.24, 2.45) is 5.73 Å². The number of phenolic OH excluding ortho intramolecular Hbond substituents is 1. The van der Waals surface area contributed by atoms with E-state index in [4.69, 9.17) is 17.3 Å². The molecule has 1 aromatic carbocycles. The fourth-order valence-corrected chi connectivity index (χ4v) is 1.14. The molecule has 0 heterocycles. The summed E-state index contributed by atoms with van der Waals surface area (Å²) >= 11 is 5.44. The number of aromatic hydroxyl groups is 1. The lowest BCUT2D eigenvalue weighted by Gasteiger charge is -2.17. The van der Waals surface area contributed by atoms with Gasteiger partial charge in [-0.25, -0.2) is 0 Å². The number of halogens is 4. The zero-order valence-corrected chi connectivity index (χ0v) is 7.60. The first-order valence-electron chi connectivity index (χ1n) is 3.63. The van der Waals surface area contributed by atoms with E-state index < -0.39 is 23.5 Å². The summed E-state index contributed by atoms with van der Waals surface area (Å²) < 4.78 is 36.5. The average molecular weight is 226 g/mol. The highest BCUT2D eigenvalue weighted by molar-refractivity contribution is 6.32. The number of hydrogen-bond acceptors (Lipinski definition) is 2. The third kappa shape index (κ3) is 2.10. The molecule has 0 aromatic heterocycles. The van der Waals surface area contributed by atoms with Gasteiger partial charge >= 0.3 is 6.18 Å². The third-order valence-electron chi connectivity index (χ3n) is 1.71. The smallest absolute Gasteiger partial charge is 0.407 e. The van der Waals surface area contributed by atoms with Gasteiger partial charge < -0.3 is 10.8 Å². The van der Waals surface area contributed by atoms with Gasteiger partial charge in [0.05, 0.1) is 5.02 Å². The van der Waals surface area contributed by atoms with E-state index in [1.807, 2.05) is 0 Å². The van der Waals surface area contributed by atoms with Gasteiger partial charge in [-0.1, -0.05) is 23.7 Å². The zero-order valence-electron chi connectivity index (χ0n) is 6.85. The molecule has 1 aromatic rings.